The first-order valence-electron chi connectivity index (χ1n) is 8.37. The third-order valence-corrected chi connectivity index (χ3v) is 4.87. The molecule has 1 N–H and O–H groups in total. The molecule has 132 valence electrons. The minimum Gasteiger partial charge on any atom is -0.494 e. The molecular formula is C18H18N6OS. The Balaban J connectivity index is 1.58. The molecule has 0 aliphatic heterocycles. The van der Waals surface area contributed by atoms with E-state index in [9.17, 15) is 0 Å². The van der Waals surface area contributed by atoms with Gasteiger partial charge in [0.15, 0.2) is 11.0 Å². The number of aromatic amines is 1. The summed E-state index contributed by atoms with van der Waals surface area (Å²) in [5.74, 6) is 1.61. The molecule has 2 heterocycles. The third kappa shape index (κ3) is 3.28. The maximum absolute atomic E-state index is 5.54. The lowest BCUT2D eigenvalue weighted by atomic mass is 10.3. The van der Waals surface area contributed by atoms with Crippen molar-refractivity contribution in [3.63, 3.8) is 0 Å². The van der Waals surface area contributed by atoms with Crippen LogP contribution in [0, 0.1) is 0 Å². The van der Waals surface area contributed by atoms with Crippen molar-refractivity contribution in [3.05, 3.63) is 54.4 Å². The van der Waals surface area contributed by atoms with Crippen molar-refractivity contribution in [1.29, 1.82) is 0 Å². The number of nitrogens with one attached hydrogen (secondary N) is 1. The monoisotopic (exact) mass is 366 g/mol. The molecule has 0 fully saturated rings. The van der Waals surface area contributed by atoms with Gasteiger partial charge in [-0.25, -0.2) is 4.98 Å². The molecule has 2 aromatic heterocycles. The van der Waals surface area contributed by atoms with Gasteiger partial charge in [0.2, 0.25) is 0 Å². The van der Waals surface area contributed by atoms with E-state index in [0.717, 1.165) is 33.5 Å². The zero-order valence-electron chi connectivity index (χ0n) is 14.5. The highest BCUT2D eigenvalue weighted by Crippen LogP contribution is 2.34. The topological polar surface area (TPSA) is 81.5 Å². The summed E-state index contributed by atoms with van der Waals surface area (Å²) in [6, 6.07) is 15.7. The number of tetrazole rings is 1. The number of para-hydroxylation sites is 1. The Bertz CT molecular complexity index is 1010. The van der Waals surface area contributed by atoms with Crippen molar-refractivity contribution in [2.24, 2.45) is 0 Å². The molecule has 0 saturated carbocycles. The molecule has 1 atom stereocenters. The summed E-state index contributed by atoms with van der Waals surface area (Å²) in [6.45, 7) is 4.67. The quantitative estimate of drug-likeness (QED) is 0.523. The standard InChI is InChI=1S/C18H18N6OS/c1-3-25-14-9-10-15-16(11-14)20-18(19-15)26-12(2)17-21-22-23-24(17)13-7-5-4-6-8-13/h4-12H,3H2,1-2H3,(H,19,20). The van der Waals surface area contributed by atoms with E-state index in [-0.39, 0.29) is 5.25 Å². The number of imidazole rings is 1. The number of hydrogen-bond donors (Lipinski definition) is 1. The molecule has 1 unspecified atom stereocenters. The summed E-state index contributed by atoms with van der Waals surface area (Å²) >= 11 is 1.58. The zero-order valence-corrected chi connectivity index (χ0v) is 15.3. The second-order valence-electron chi connectivity index (χ2n) is 5.70. The average molecular weight is 366 g/mol. The lowest BCUT2D eigenvalue weighted by Gasteiger charge is -2.09. The van der Waals surface area contributed by atoms with Crippen LogP contribution in [-0.4, -0.2) is 36.8 Å². The molecule has 0 radical (unpaired) electrons. The van der Waals surface area contributed by atoms with Crippen molar-refractivity contribution < 1.29 is 4.74 Å². The van der Waals surface area contributed by atoms with Gasteiger partial charge in [0.05, 0.1) is 28.6 Å². The molecule has 4 rings (SSSR count). The average Bonchev–Trinajstić information content (AvgIpc) is 3.29. The molecule has 0 amide bonds. The van der Waals surface area contributed by atoms with Gasteiger partial charge in [0.25, 0.3) is 0 Å². The summed E-state index contributed by atoms with van der Waals surface area (Å²) in [7, 11) is 0. The predicted octanol–water partition coefficient (Wildman–Crippen LogP) is 3.79. The molecular weight excluding hydrogens is 348 g/mol. The van der Waals surface area contributed by atoms with Crippen LogP contribution in [0.1, 0.15) is 24.9 Å². The van der Waals surface area contributed by atoms with Crippen LogP contribution in [0.3, 0.4) is 0 Å². The van der Waals surface area contributed by atoms with Crippen LogP contribution >= 0.6 is 11.8 Å². The van der Waals surface area contributed by atoms with Gasteiger partial charge < -0.3 is 9.72 Å². The summed E-state index contributed by atoms with van der Waals surface area (Å²) in [4.78, 5) is 7.98. The molecule has 26 heavy (non-hydrogen) atoms. The van der Waals surface area contributed by atoms with Gasteiger partial charge in [-0.1, -0.05) is 30.0 Å². The summed E-state index contributed by atoms with van der Waals surface area (Å²) in [5.41, 5.74) is 2.80. The first-order valence-corrected chi connectivity index (χ1v) is 9.25. The van der Waals surface area contributed by atoms with E-state index in [4.69, 9.17) is 4.74 Å². The molecule has 8 heteroatoms. The first kappa shape index (κ1) is 16.6. The number of aromatic nitrogens is 6. The fourth-order valence-corrected chi connectivity index (χ4v) is 3.61. The molecule has 7 nitrogen and oxygen atoms in total. The van der Waals surface area contributed by atoms with E-state index >= 15 is 0 Å². The van der Waals surface area contributed by atoms with Gasteiger partial charge in [-0.3, -0.25) is 0 Å². The van der Waals surface area contributed by atoms with Crippen molar-refractivity contribution >= 4 is 22.8 Å². The van der Waals surface area contributed by atoms with Gasteiger partial charge in [-0.2, -0.15) is 4.68 Å². The molecule has 2 aromatic carbocycles. The minimum atomic E-state index is 0.0251. The maximum atomic E-state index is 5.54. The van der Waals surface area contributed by atoms with Crippen molar-refractivity contribution in [2.75, 3.05) is 6.61 Å². The Hall–Kier alpha value is -2.87. The second kappa shape index (κ2) is 7.17. The Morgan fingerprint density at radius 3 is 2.85 bits per heavy atom. The largest absolute Gasteiger partial charge is 0.494 e. The van der Waals surface area contributed by atoms with E-state index in [1.165, 1.54) is 0 Å². The van der Waals surface area contributed by atoms with Crippen LogP contribution in [-0.2, 0) is 0 Å². The fourth-order valence-electron chi connectivity index (χ4n) is 2.70. The van der Waals surface area contributed by atoms with E-state index < -0.39 is 0 Å². The van der Waals surface area contributed by atoms with Gasteiger partial charge in [-0.05, 0) is 48.5 Å². The van der Waals surface area contributed by atoms with E-state index in [2.05, 4.69) is 32.4 Å². The number of rotatable bonds is 6. The third-order valence-electron chi connectivity index (χ3n) is 3.89. The summed E-state index contributed by atoms with van der Waals surface area (Å²) < 4.78 is 7.30. The van der Waals surface area contributed by atoms with Crippen molar-refractivity contribution in [2.45, 2.75) is 24.3 Å². The number of nitrogens with zero attached hydrogens (tertiary/aromatic N) is 5. The lowest BCUT2D eigenvalue weighted by Crippen LogP contribution is -2.05. The van der Waals surface area contributed by atoms with Gasteiger partial charge in [0.1, 0.15) is 5.75 Å². The lowest BCUT2D eigenvalue weighted by molar-refractivity contribution is 0.340. The number of H-pyrrole nitrogens is 1. The van der Waals surface area contributed by atoms with Gasteiger partial charge in [-0.15, -0.1) is 5.10 Å². The fraction of sp³-hybridized carbons (Fsp3) is 0.222. The Morgan fingerprint density at radius 2 is 2.04 bits per heavy atom. The number of hydrogen-bond acceptors (Lipinski definition) is 6. The molecule has 0 saturated heterocycles. The van der Waals surface area contributed by atoms with Crippen LogP contribution in [0.5, 0.6) is 5.75 Å². The Morgan fingerprint density at radius 1 is 1.19 bits per heavy atom. The highest BCUT2D eigenvalue weighted by molar-refractivity contribution is 7.99. The van der Waals surface area contributed by atoms with Crippen LogP contribution in [0.25, 0.3) is 16.7 Å². The molecule has 0 bridgehead atoms. The second-order valence-corrected chi connectivity index (χ2v) is 7.03. The smallest absolute Gasteiger partial charge is 0.169 e. The van der Waals surface area contributed by atoms with E-state index in [1.54, 1.807) is 16.4 Å². The summed E-state index contributed by atoms with van der Waals surface area (Å²) in [6.07, 6.45) is 0. The SMILES string of the molecule is CCOc1ccc2nc(SC(C)c3nnnn3-c3ccccc3)[nH]c2c1. The maximum Gasteiger partial charge on any atom is 0.169 e. The summed E-state index contributed by atoms with van der Waals surface area (Å²) in [5, 5.41) is 13.0. The highest BCUT2D eigenvalue weighted by atomic mass is 32.2. The zero-order chi connectivity index (χ0) is 17.9. The van der Waals surface area contributed by atoms with E-state index in [0.29, 0.717) is 6.61 Å². The molecule has 4 aromatic rings. The Kier molecular flexibility index (Phi) is 4.57. The van der Waals surface area contributed by atoms with Crippen molar-refractivity contribution in [1.82, 2.24) is 30.2 Å². The molecule has 0 spiro atoms. The predicted molar refractivity (Wildman–Crippen MR) is 101 cm³/mol. The van der Waals surface area contributed by atoms with Crippen LogP contribution in [0.2, 0.25) is 0 Å². The molecule has 0 aliphatic rings. The van der Waals surface area contributed by atoms with Crippen LogP contribution in [0.15, 0.2) is 53.7 Å². The normalized spacial score (nSPS) is 12.4. The van der Waals surface area contributed by atoms with Crippen LogP contribution in [0.4, 0.5) is 0 Å². The number of thioether (sulfide) groups is 1. The molecule has 0 aliphatic carbocycles. The number of fused-ring (bicyclic) bond motifs is 1. The number of benzene rings is 2. The van der Waals surface area contributed by atoms with Gasteiger partial charge >= 0.3 is 0 Å². The first-order chi connectivity index (χ1) is 12.7. The Labute approximate surface area is 154 Å². The highest BCUT2D eigenvalue weighted by Gasteiger charge is 2.18. The van der Waals surface area contributed by atoms with E-state index in [1.807, 2.05) is 55.5 Å². The number of ether oxygens (including phenoxy) is 1. The van der Waals surface area contributed by atoms with Crippen molar-refractivity contribution in [3.8, 4) is 11.4 Å². The minimum absolute atomic E-state index is 0.0251. The van der Waals surface area contributed by atoms with Gasteiger partial charge in [0, 0.05) is 6.07 Å². The van der Waals surface area contributed by atoms with Crippen LogP contribution < -0.4 is 4.74 Å².